The number of rotatable bonds is 3. The van der Waals surface area contributed by atoms with E-state index in [4.69, 9.17) is 5.73 Å². The fourth-order valence-corrected chi connectivity index (χ4v) is 1.61. The van der Waals surface area contributed by atoms with Crippen LogP contribution in [-0.2, 0) is 9.53 Å². The molecule has 0 radical (unpaired) electrons. The van der Waals surface area contributed by atoms with Gasteiger partial charge in [-0.25, -0.2) is 4.98 Å². The minimum atomic E-state index is -0.281. The second-order valence-electron chi connectivity index (χ2n) is 2.77. The van der Waals surface area contributed by atoms with Crippen LogP contribution in [0, 0.1) is 6.92 Å². The molecule has 1 aromatic rings. The van der Waals surface area contributed by atoms with E-state index in [0.717, 1.165) is 5.56 Å². The number of nitrogen functional groups attached to an aromatic ring is 1. The van der Waals surface area contributed by atoms with Gasteiger partial charge in [-0.15, -0.1) is 0 Å². The lowest BCUT2D eigenvalue weighted by molar-refractivity contribution is -0.137. The molecule has 0 fully saturated rings. The van der Waals surface area contributed by atoms with E-state index in [9.17, 15) is 4.79 Å². The van der Waals surface area contributed by atoms with Crippen molar-refractivity contribution >= 4 is 23.4 Å². The first kappa shape index (κ1) is 10.8. The number of anilines is 1. The maximum Gasteiger partial charge on any atom is 0.316 e. The third-order valence-electron chi connectivity index (χ3n) is 1.57. The zero-order valence-corrected chi connectivity index (χ0v) is 8.93. The lowest BCUT2D eigenvalue weighted by Crippen LogP contribution is -2.04. The maximum atomic E-state index is 10.9. The largest absolute Gasteiger partial charge is 0.468 e. The number of ether oxygens (including phenoxy) is 1. The Kier molecular flexibility index (Phi) is 3.76. The number of hydrogen-bond donors (Lipinski definition) is 1. The molecule has 1 heterocycles. The molecule has 0 atom stereocenters. The predicted octanol–water partition coefficient (Wildman–Crippen LogP) is 1.24. The molecule has 0 aliphatic carbocycles. The highest BCUT2D eigenvalue weighted by Gasteiger charge is 2.05. The molecule has 0 amide bonds. The highest BCUT2D eigenvalue weighted by atomic mass is 32.2. The smallest absolute Gasteiger partial charge is 0.316 e. The Morgan fingerprint density at radius 2 is 2.43 bits per heavy atom. The maximum absolute atomic E-state index is 10.9. The van der Waals surface area contributed by atoms with E-state index in [0.29, 0.717) is 10.7 Å². The van der Waals surface area contributed by atoms with E-state index in [1.54, 1.807) is 6.20 Å². The highest BCUT2D eigenvalue weighted by molar-refractivity contribution is 8.00. The lowest BCUT2D eigenvalue weighted by atomic mass is 10.3. The third-order valence-corrected chi connectivity index (χ3v) is 2.56. The third kappa shape index (κ3) is 2.92. The van der Waals surface area contributed by atoms with Gasteiger partial charge in [-0.2, -0.15) is 0 Å². The number of thioether (sulfide) groups is 1. The second kappa shape index (κ2) is 4.85. The fourth-order valence-electron chi connectivity index (χ4n) is 0.886. The van der Waals surface area contributed by atoms with Gasteiger partial charge in [-0.1, -0.05) is 11.8 Å². The van der Waals surface area contributed by atoms with Gasteiger partial charge in [0.1, 0.15) is 5.03 Å². The van der Waals surface area contributed by atoms with Crippen LogP contribution in [0.1, 0.15) is 5.56 Å². The first-order valence-corrected chi connectivity index (χ1v) is 5.03. The molecule has 1 aromatic heterocycles. The van der Waals surface area contributed by atoms with Gasteiger partial charge < -0.3 is 10.5 Å². The Balaban J connectivity index is 2.63. The summed E-state index contributed by atoms with van der Waals surface area (Å²) in [5, 5.41) is 0.668. The van der Waals surface area contributed by atoms with Crippen molar-refractivity contribution in [3.63, 3.8) is 0 Å². The number of esters is 1. The number of nitrogens with two attached hydrogens (primary N) is 1. The number of carbonyl (C=O) groups is 1. The molecule has 0 bridgehead atoms. The quantitative estimate of drug-likeness (QED) is 0.603. The summed E-state index contributed by atoms with van der Waals surface area (Å²) in [5.74, 6) is -0.0479. The van der Waals surface area contributed by atoms with Gasteiger partial charge in [-0.05, 0) is 18.6 Å². The summed E-state index contributed by atoms with van der Waals surface area (Å²) in [6.07, 6.45) is 1.72. The first-order valence-electron chi connectivity index (χ1n) is 4.05. The molecule has 0 saturated heterocycles. The molecule has 0 aliphatic heterocycles. The predicted molar refractivity (Wildman–Crippen MR) is 56.1 cm³/mol. The Labute approximate surface area is 86.8 Å². The van der Waals surface area contributed by atoms with Gasteiger partial charge in [0, 0.05) is 6.20 Å². The summed E-state index contributed by atoms with van der Waals surface area (Å²) in [5.41, 5.74) is 7.31. The molecule has 0 saturated carbocycles. The lowest BCUT2D eigenvalue weighted by Gasteiger charge is -2.03. The summed E-state index contributed by atoms with van der Waals surface area (Å²) in [4.78, 5) is 15.0. The second-order valence-corrected chi connectivity index (χ2v) is 3.74. The molecule has 1 rings (SSSR count). The molecule has 0 aromatic carbocycles. The molecular weight excluding hydrogens is 200 g/mol. The summed E-state index contributed by atoms with van der Waals surface area (Å²) in [6.45, 7) is 1.91. The van der Waals surface area contributed by atoms with Crippen LogP contribution in [0.3, 0.4) is 0 Å². The van der Waals surface area contributed by atoms with Crippen LogP contribution in [0.25, 0.3) is 0 Å². The van der Waals surface area contributed by atoms with Crippen LogP contribution in [-0.4, -0.2) is 23.8 Å². The Bertz CT molecular complexity index is 342. The SMILES string of the molecule is COC(=O)CSc1ncc(C)cc1N. The van der Waals surface area contributed by atoms with E-state index in [1.807, 2.05) is 13.0 Å². The van der Waals surface area contributed by atoms with Gasteiger partial charge >= 0.3 is 5.97 Å². The van der Waals surface area contributed by atoms with Crippen LogP contribution in [0.4, 0.5) is 5.69 Å². The summed E-state index contributed by atoms with van der Waals surface area (Å²) < 4.78 is 4.51. The van der Waals surface area contributed by atoms with Gasteiger partial charge in [0.15, 0.2) is 0 Å². The number of hydrogen-bond acceptors (Lipinski definition) is 5. The average Bonchev–Trinajstić information content (AvgIpc) is 2.16. The number of nitrogens with zero attached hydrogens (tertiary/aromatic N) is 1. The van der Waals surface area contributed by atoms with Crippen molar-refractivity contribution < 1.29 is 9.53 Å². The van der Waals surface area contributed by atoms with Crippen molar-refractivity contribution in [2.45, 2.75) is 11.9 Å². The number of carbonyl (C=O) groups excluding carboxylic acids is 1. The van der Waals surface area contributed by atoms with Crippen LogP contribution < -0.4 is 5.73 Å². The van der Waals surface area contributed by atoms with Gasteiger partial charge in [0.2, 0.25) is 0 Å². The number of pyridine rings is 1. The van der Waals surface area contributed by atoms with Crippen molar-refractivity contribution in [3.05, 3.63) is 17.8 Å². The van der Waals surface area contributed by atoms with Crippen molar-refractivity contribution in [3.8, 4) is 0 Å². The Hall–Kier alpha value is -1.23. The molecule has 0 spiro atoms. The first-order chi connectivity index (χ1) is 6.63. The minimum Gasteiger partial charge on any atom is -0.468 e. The molecule has 2 N–H and O–H groups in total. The molecule has 0 unspecified atom stereocenters. The van der Waals surface area contributed by atoms with Crippen LogP contribution in [0.2, 0.25) is 0 Å². The van der Waals surface area contributed by atoms with Crippen molar-refractivity contribution in [2.24, 2.45) is 0 Å². The average molecular weight is 212 g/mol. The standard InChI is InChI=1S/C9H12N2O2S/c1-6-3-7(10)9(11-4-6)14-5-8(12)13-2/h3-4H,5,10H2,1-2H3. The van der Waals surface area contributed by atoms with E-state index < -0.39 is 0 Å². The van der Waals surface area contributed by atoms with Gasteiger partial charge in [0.05, 0.1) is 18.6 Å². The molecule has 14 heavy (non-hydrogen) atoms. The van der Waals surface area contributed by atoms with E-state index in [2.05, 4.69) is 9.72 Å². The number of methoxy groups -OCH3 is 1. The summed E-state index contributed by atoms with van der Waals surface area (Å²) >= 11 is 1.28. The summed E-state index contributed by atoms with van der Waals surface area (Å²) in [6, 6.07) is 1.83. The minimum absolute atomic E-state index is 0.233. The van der Waals surface area contributed by atoms with E-state index in [1.165, 1.54) is 18.9 Å². The molecule has 5 heteroatoms. The zero-order valence-electron chi connectivity index (χ0n) is 8.11. The van der Waals surface area contributed by atoms with Crippen molar-refractivity contribution in [1.29, 1.82) is 0 Å². The van der Waals surface area contributed by atoms with Crippen LogP contribution in [0.5, 0.6) is 0 Å². The monoisotopic (exact) mass is 212 g/mol. The fraction of sp³-hybridized carbons (Fsp3) is 0.333. The Morgan fingerprint density at radius 3 is 3.00 bits per heavy atom. The van der Waals surface area contributed by atoms with E-state index >= 15 is 0 Å². The topological polar surface area (TPSA) is 65.2 Å². The normalized spacial score (nSPS) is 9.86. The number of aryl methyl sites for hydroxylation is 1. The molecule has 76 valence electrons. The van der Waals surface area contributed by atoms with Crippen molar-refractivity contribution in [1.82, 2.24) is 4.98 Å². The van der Waals surface area contributed by atoms with E-state index in [-0.39, 0.29) is 11.7 Å². The van der Waals surface area contributed by atoms with Gasteiger partial charge in [-0.3, -0.25) is 4.79 Å². The zero-order chi connectivity index (χ0) is 10.6. The highest BCUT2D eigenvalue weighted by Crippen LogP contribution is 2.22. The van der Waals surface area contributed by atoms with Crippen molar-refractivity contribution in [2.75, 3.05) is 18.6 Å². The number of aromatic nitrogens is 1. The summed E-state index contributed by atoms with van der Waals surface area (Å²) in [7, 11) is 1.36. The van der Waals surface area contributed by atoms with Gasteiger partial charge in [0.25, 0.3) is 0 Å². The van der Waals surface area contributed by atoms with Crippen LogP contribution >= 0.6 is 11.8 Å². The Morgan fingerprint density at radius 1 is 1.71 bits per heavy atom. The molecular formula is C9H12N2O2S. The molecule has 4 nitrogen and oxygen atoms in total. The van der Waals surface area contributed by atoms with Crippen LogP contribution in [0.15, 0.2) is 17.3 Å². The molecule has 0 aliphatic rings.